The lowest BCUT2D eigenvalue weighted by Crippen LogP contribution is -2.29. The summed E-state index contributed by atoms with van der Waals surface area (Å²) < 4.78 is 1.11. The predicted molar refractivity (Wildman–Crippen MR) is 140 cm³/mol. The van der Waals surface area contributed by atoms with Crippen LogP contribution in [0.1, 0.15) is 36.9 Å². The minimum atomic E-state index is -0.541. The monoisotopic (exact) mass is 487 g/mol. The third-order valence-electron chi connectivity index (χ3n) is 7.23. The summed E-state index contributed by atoms with van der Waals surface area (Å²) in [6.45, 7) is 2.07. The molecule has 0 amide bonds. The maximum atomic E-state index is 10.7. The van der Waals surface area contributed by atoms with Crippen LogP contribution in [0.5, 0.6) is 0 Å². The van der Waals surface area contributed by atoms with Crippen LogP contribution in [0, 0.1) is 12.8 Å². The molecule has 2 aromatic carbocycles. The van der Waals surface area contributed by atoms with Gasteiger partial charge in [0, 0.05) is 6.61 Å². The van der Waals surface area contributed by atoms with Crippen molar-refractivity contribution in [3.05, 3.63) is 65.9 Å². The second-order valence-electron chi connectivity index (χ2n) is 9.75. The van der Waals surface area contributed by atoms with Gasteiger partial charge in [-0.3, -0.25) is 0 Å². The number of anilines is 2. The fourth-order valence-corrected chi connectivity index (χ4v) is 6.21. The highest BCUT2D eigenvalue weighted by Crippen LogP contribution is 2.48. The van der Waals surface area contributed by atoms with Crippen molar-refractivity contribution in [3.8, 4) is 10.6 Å². The van der Waals surface area contributed by atoms with Crippen molar-refractivity contribution in [1.29, 1.82) is 0 Å². The quantitative estimate of drug-likeness (QED) is 0.299. The van der Waals surface area contributed by atoms with Crippen molar-refractivity contribution in [2.24, 2.45) is 5.92 Å². The number of aliphatic hydroxyl groups is 2. The molecule has 2 aliphatic rings. The summed E-state index contributed by atoms with van der Waals surface area (Å²) in [5.74, 6) is 1.33. The standard InChI is InChI=1S/C27H29N5O2S/c1-16-23(25-30-19-9-5-6-10-22(19)35-25)24(29-20-13-17(15-33)14-21(20)34)31-26(28-16)32-27(11-12-27)18-7-3-2-4-8-18/h2-10,17,20-21,33-34H,11-15H2,1H3,(H2,28,29,31,32)/t17-,20+,21+/m0/s1. The number of rotatable bonds is 7. The smallest absolute Gasteiger partial charge is 0.225 e. The molecule has 7 nitrogen and oxygen atoms in total. The molecule has 3 atom stereocenters. The van der Waals surface area contributed by atoms with Gasteiger partial charge in [-0.25, -0.2) is 9.97 Å². The Bertz CT molecular complexity index is 1320. The van der Waals surface area contributed by atoms with Crippen molar-refractivity contribution >= 4 is 33.3 Å². The summed E-state index contributed by atoms with van der Waals surface area (Å²) >= 11 is 1.62. The molecule has 0 saturated heterocycles. The first-order valence-electron chi connectivity index (χ1n) is 12.2. The Morgan fingerprint density at radius 3 is 2.49 bits per heavy atom. The highest BCUT2D eigenvalue weighted by molar-refractivity contribution is 7.21. The largest absolute Gasteiger partial charge is 0.396 e. The third-order valence-corrected chi connectivity index (χ3v) is 8.29. The second kappa shape index (κ2) is 8.86. The van der Waals surface area contributed by atoms with E-state index in [4.69, 9.17) is 15.0 Å². The SMILES string of the molecule is Cc1nc(NC2(c3ccccc3)CC2)nc(N[C@@H]2C[C@H](CO)C[C@H]2O)c1-c1nc2ccccc2s1. The van der Waals surface area contributed by atoms with Crippen LogP contribution in [-0.4, -0.2) is 43.9 Å². The molecule has 6 rings (SSSR count). The Balaban J connectivity index is 1.40. The summed E-state index contributed by atoms with van der Waals surface area (Å²) in [6.07, 6.45) is 2.79. The number of thiazole rings is 1. The van der Waals surface area contributed by atoms with Crippen molar-refractivity contribution < 1.29 is 10.2 Å². The van der Waals surface area contributed by atoms with E-state index in [-0.39, 0.29) is 24.1 Å². The highest BCUT2D eigenvalue weighted by atomic mass is 32.1. The van der Waals surface area contributed by atoms with Crippen LogP contribution in [0.25, 0.3) is 20.8 Å². The lowest BCUT2D eigenvalue weighted by atomic mass is 10.1. The molecule has 0 aliphatic heterocycles. The zero-order valence-corrected chi connectivity index (χ0v) is 20.4. The molecule has 2 heterocycles. The van der Waals surface area contributed by atoms with E-state index in [0.29, 0.717) is 24.6 Å². The molecule has 2 saturated carbocycles. The van der Waals surface area contributed by atoms with Gasteiger partial charge in [-0.1, -0.05) is 42.5 Å². The van der Waals surface area contributed by atoms with Gasteiger partial charge in [0.2, 0.25) is 5.95 Å². The summed E-state index contributed by atoms with van der Waals surface area (Å²) in [5, 5.41) is 28.3. The molecule has 180 valence electrons. The Morgan fingerprint density at radius 1 is 1.00 bits per heavy atom. The average molecular weight is 488 g/mol. The number of hydrogen-bond acceptors (Lipinski definition) is 8. The average Bonchev–Trinajstić information content (AvgIpc) is 3.37. The van der Waals surface area contributed by atoms with Gasteiger partial charge in [-0.05, 0) is 56.2 Å². The molecule has 0 bridgehead atoms. The van der Waals surface area contributed by atoms with E-state index >= 15 is 0 Å². The van der Waals surface area contributed by atoms with Crippen molar-refractivity contribution in [2.45, 2.75) is 50.3 Å². The maximum Gasteiger partial charge on any atom is 0.225 e. The summed E-state index contributed by atoms with van der Waals surface area (Å²) in [5.41, 5.74) is 3.74. The first kappa shape index (κ1) is 22.4. The lowest BCUT2D eigenvalue weighted by Gasteiger charge is -2.22. The second-order valence-corrected chi connectivity index (χ2v) is 10.8. The van der Waals surface area contributed by atoms with E-state index < -0.39 is 6.10 Å². The normalized spacial score (nSPS) is 22.9. The molecule has 0 unspecified atom stereocenters. The van der Waals surface area contributed by atoms with Gasteiger partial charge < -0.3 is 20.8 Å². The number of fused-ring (bicyclic) bond motifs is 1. The number of aromatic nitrogens is 3. The fraction of sp³-hybridized carbons (Fsp3) is 0.370. The first-order valence-corrected chi connectivity index (χ1v) is 13.0. The van der Waals surface area contributed by atoms with Gasteiger partial charge >= 0.3 is 0 Å². The van der Waals surface area contributed by atoms with Crippen LogP contribution in [0.4, 0.5) is 11.8 Å². The fourth-order valence-electron chi connectivity index (χ4n) is 5.15. The Labute approximate surface area is 208 Å². The summed E-state index contributed by atoms with van der Waals surface area (Å²) in [4.78, 5) is 14.7. The van der Waals surface area contributed by atoms with E-state index in [2.05, 4.69) is 41.0 Å². The van der Waals surface area contributed by atoms with Crippen molar-refractivity contribution in [1.82, 2.24) is 15.0 Å². The molecule has 35 heavy (non-hydrogen) atoms. The van der Waals surface area contributed by atoms with E-state index in [0.717, 1.165) is 39.3 Å². The highest BCUT2D eigenvalue weighted by Gasteiger charge is 2.45. The first-order chi connectivity index (χ1) is 17.0. The van der Waals surface area contributed by atoms with Crippen LogP contribution in [0.15, 0.2) is 54.6 Å². The van der Waals surface area contributed by atoms with Gasteiger partial charge in [0.15, 0.2) is 0 Å². The third kappa shape index (κ3) is 4.26. The molecule has 2 fully saturated rings. The number of aliphatic hydroxyl groups excluding tert-OH is 2. The number of nitrogens with zero attached hydrogens (tertiary/aromatic N) is 3. The van der Waals surface area contributed by atoms with Crippen LogP contribution in [0.3, 0.4) is 0 Å². The molecule has 2 aliphatic carbocycles. The summed E-state index contributed by atoms with van der Waals surface area (Å²) in [6, 6.07) is 18.3. The maximum absolute atomic E-state index is 10.7. The number of hydrogen-bond donors (Lipinski definition) is 4. The Kier molecular flexibility index (Phi) is 5.67. The van der Waals surface area contributed by atoms with Gasteiger partial charge in [-0.15, -0.1) is 11.3 Å². The van der Waals surface area contributed by atoms with Gasteiger partial charge in [0.1, 0.15) is 10.8 Å². The lowest BCUT2D eigenvalue weighted by molar-refractivity contribution is 0.157. The van der Waals surface area contributed by atoms with Crippen LogP contribution < -0.4 is 10.6 Å². The molecular weight excluding hydrogens is 458 g/mol. The predicted octanol–water partition coefficient (Wildman–Crippen LogP) is 4.71. The van der Waals surface area contributed by atoms with Gasteiger partial charge in [0.05, 0.1) is 39.2 Å². The number of para-hydroxylation sites is 1. The van der Waals surface area contributed by atoms with Crippen LogP contribution in [-0.2, 0) is 5.54 Å². The van der Waals surface area contributed by atoms with E-state index in [1.807, 2.05) is 31.2 Å². The molecule has 2 aromatic heterocycles. The summed E-state index contributed by atoms with van der Waals surface area (Å²) in [7, 11) is 0. The zero-order valence-electron chi connectivity index (χ0n) is 19.6. The number of nitrogens with one attached hydrogen (secondary N) is 2. The number of benzene rings is 2. The van der Waals surface area contributed by atoms with E-state index in [1.165, 1.54) is 5.56 Å². The molecule has 4 aromatic rings. The van der Waals surface area contributed by atoms with E-state index in [9.17, 15) is 10.2 Å². The van der Waals surface area contributed by atoms with Crippen molar-refractivity contribution in [2.75, 3.05) is 17.2 Å². The van der Waals surface area contributed by atoms with E-state index in [1.54, 1.807) is 11.3 Å². The topological polar surface area (TPSA) is 103 Å². The minimum Gasteiger partial charge on any atom is -0.396 e. The molecule has 4 N–H and O–H groups in total. The Hall–Kier alpha value is -3.07. The van der Waals surface area contributed by atoms with Gasteiger partial charge in [-0.2, -0.15) is 4.98 Å². The van der Waals surface area contributed by atoms with Crippen LogP contribution in [0.2, 0.25) is 0 Å². The molecular formula is C27H29N5O2S. The minimum absolute atomic E-state index is 0.0785. The zero-order chi connectivity index (χ0) is 24.0. The number of aryl methyl sites for hydroxylation is 1. The molecule has 0 radical (unpaired) electrons. The van der Waals surface area contributed by atoms with Crippen molar-refractivity contribution in [3.63, 3.8) is 0 Å². The molecule has 8 heteroatoms. The molecule has 0 spiro atoms. The van der Waals surface area contributed by atoms with Crippen LogP contribution >= 0.6 is 11.3 Å². The Morgan fingerprint density at radius 2 is 1.77 bits per heavy atom. The van der Waals surface area contributed by atoms with Gasteiger partial charge in [0.25, 0.3) is 0 Å².